The molecule has 1 aliphatic carbocycles. The number of carbonyl (C=O) groups excluding carboxylic acids is 1. The van der Waals surface area contributed by atoms with Gasteiger partial charge < -0.3 is 20.5 Å². The number of carbonyl (C=O) groups is 1. The molecule has 2 aromatic rings. The van der Waals surface area contributed by atoms with Crippen molar-refractivity contribution in [2.45, 2.75) is 64.5 Å². The van der Waals surface area contributed by atoms with Gasteiger partial charge in [-0.25, -0.2) is 0 Å². The first-order chi connectivity index (χ1) is 16.3. The number of amides is 1. The van der Waals surface area contributed by atoms with Gasteiger partial charge in [-0.3, -0.25) is 15.2 Å². The Morgan fingerprint density at radius 2 is 2.00 bits per heavy atom. The van der Waals surface area contributed by atoms with Crippen LogP contribution >= 0.6 is 0 Å². The van der Waals surface area contributed by atoms with Gasteiger partial charge in [-0.1, -0.05) is 25.0 Å². The van der Waals surface area contributed by atoms with Crippen molar-refractivity contribution < 1.29 is 14.6 Å². The fourth-order valence-electron chi connectivity index (χ4n) is 4.51. The highest BCUT2D eigenvalue weighted by atomic mass is 16.5. The lowest BCUT2D eigenvalue weighted by Gasteiger charge is -2.28. The second-order valence-corrected chi connectivity index (χ2v) is 8.94. The predicted octanol–water partition coefficient (Wildman–Crippen LogP) is 3.36. The van der Waals surface area contributed by atoms with Crippen molar-refractivity contribution in [1.29, 1.82) is 5.41 Å². The number of nitrogens with zero attached hydrogens (tertiary/aromatic N) is 1. The topological polar surface area (TPSA) is 107 Å². The Morgan fingerprint density at radius 3 is 2.65 bits per heavy atom. The average molecular weight is 465 g/mol. The molecule has 0 aliphatic heterocycles. The molecule has 3 rings (SSSR count). The van der Waals surface area contributed by atoms with Crippen LogP contribution in [0.4, 0.5) is 0 Å². The largest absolute Gasteiger partial charge is 0.496 e. The molecule has 1 heterocycles. The number of hydrogen-bond donors (Lipinski definition) is 4. The number of aromatic nitrogens is 1. The molecule has 7 nitrogen and oxygen atoms in total. The second-order valence-electron chi connectivity index (χ2n) is 8.94. The van der Waals surface area contributed by atoms with E-state index in [0.717, 1.165) is 59.3 Å². The minimum absolute atomic E-state index is 0.0994. The zero-order valence-corrected chi connectivity index (χ0v) is 20.6. The van der Waals surface area contributed by atoms with E-state index in [1.54, 1.807) is 32.6 Å². The Labute approximate surface area is 202 Å². The lowest BCUT2D eigenvalue weighted by molar-refractivity contribution is -0.122. The van der Waals surface area contributed by atoms with Gasteiger partial charge in [-0.2, -0.15) is 0 Å². The number of methoxy groups -OCH3 is 1. The summed E-state index contributed by atoms with van der Waals surface area (Å²) in [5, 5.41) is 24.2. The standard InChI is InChI=1S/C27H36N4O3/c1-17-18(2)27(34-4)21(15-26(33)31-24-7-5-6-8-25(24)32)14-20(17)13-19-9-10-23(30-16-19)22(28)11-12-29-3/h9-12,14,16,24-25,28-29,32H,5-8,13,15H2,1-4H3,(H,31,33)/b12-11-,28-22?/t24-,25-/m0/s1. The van der Waals surface area contributed by atoms with Crippen LogP contribution in [0.15, 0.2) is 36.7 Å². The highest BCUT2D eigenvalue weighted by Gasteiger charge is 2.25. The van der Waals surface area contributed by atoms with E-state index in [1.807, 2.05) is 25.1 Å². The van der Waals surface area contributed by atoms with Crippen LogP contribution in [0, 0.1) is 19.3 Å². The minimum atomic E-state index is -0.472. The fourth-order valence-corrected chi connectivity index (χ4v) is 4.51. The smallest absolute Gasteiger partial charge is 0.224 e. The maximum Gasteiger partial charge on any atom is 0.224 e. The van der Waals surface area contributed by atoms with Gasteiger partial charge in [0.1, 0.15) is 5.75 Å². The first-order valence-electron chi connectivity index (χ1n) is 11.8. The Morgan fingerprint density at radius 1 is 1.24 bits per heavy atom. The van der Waals surface area contributed by atoms with E-state index in [9.17, 15) is 9.90 Å². The van der Waals surface area contributed by atoms with Crippen LogP contribution < -0.4 is 15.4 Å². The molecule has 7 heteroatoms. The van der Waals surface area contributed by atoms with Gasteiger partial charge in [0.15, 0.2) is 0 Å². The Hall–Kier alpha value is -3.19. The number of aliphatic hydroxyl groups excluding tert-OH is 1. The lowest BCUT2D eigenvalue weighted by atomic mass is 9.91. The van der Waals surface area contributed by atoms with Crippen LogP contribution in [-0.2, 0) is 17.6 Å². The van der Waals surface area contributed by atoms with Crippen LogP contribution in [0.2, 0.25) is 0 Å². The molecule has 1 fully saturated rings. The maximum atomic E-state index is 12.8. The molecule has 1 aromatic carbocycles. The minimum Gasteiger partial charge on any atom is -0.496 e. The molecule has 1 aliphatic rings. The number of aliphatic hydroxyl groups is 1. The van der Waals surface area contributed by atoms with Crippen molar-refractivity contribution in [3.05, 3.63) is 70.2 Å². The highest BCUT2D eigenvalue weighted by Crippen LogP contribution is 2.31. The Balaban J connectivity index is 1.78. The van der Waals surface area contributed by atoms with E-state index in [2.05, 4.69) is 22.5 Å². The van der Waals surface area contributed by atoms with E-state index >= 15 is 0 Å². The van der Waals surface area contributed by atoms with Gasteiger partial charge in [-0.15, -0.1) is 0 Å². The van der Waals surface area contributed by atoms with Crippen LogP contribution in [-0.4, -0.2) is 48.0 Å². The SMILES string of the molecule is CN/C=C\C(=N)c1ccc(Cc2cc(CC(=O)N[C@H]3CCCC[C@@H]3O)c(OC)c(C)c2C)cn1. The van der Waals surface area contributed by atoms with E-state index in [4.69, 9.17) is 10.1 Å². The van der Waals surface area contributed by atoms with Gasteiger partial charge in [0, 0.05) is 18.8 Å². The summed E-state index contributed by atoms with van der Waals surface area (Å²) in [5.41, 5.74) is 6.07. The number of ether oxygens (including phenoxy) is 1. The number of allylic oxidation sites excluding steroid dienone is 1. The van der Waals surface area contributed by atoms with E-state index in [0.29, 0.717) is 17.8 Å². The normalized spacial score (nSPS) is 18.0. The van der Waals surface area contributed by atoms with Crippen LogP contribution in [0.1, 0.15) is 59.2 Å². The summed E-state index contributed by atoms with van der Waals surface area (Å²) in [6, 6.07) is 5.71. The van der Waals surface area contributed by atoms with Gasteiger partial charge in [-0.05, 0) is 73.7 Å². The Bertz CT molecular complexity index is 1050. The number of rotatable bonds is 9. The lowest BCUT2D eigenvalue weighted by Crippen LogP contribution is -2.45. The molecule has 0 bridgehead atoms. The number of pyridine rings is 1. The van der Waals surface area contributed by atoms with E-state index < -0.39 is 6.10 Å². The summed E-state index contributed by atoms with van der Waals surface area (Å²) in [4.78, 5) is 17.3. The number of nitrogens with one attached hydrogen (secondary N) is 3. The third kappa shape index (κ3) is 6.23. The van der Waals surface area contributed by atoms with Crippen LogP contribution in [0.25, 0.3) is 0 Å². The first kappa shape index (κ1) is 25.4. The van der Waals surface area contributed by atoms with Gasteiger partial charge >= 0.3 is 0 Å². The fraction of sp³-hybridized carbons (Fsp3) is 0.444. The Kier molecular flexibility index (Phi) is 8.82. The molecular formula is C27H36N4O3. The van der Waals surface area contributed by atoms with Crippen molar-refractivity contribution in [2.75, 3.05) is 14.2 Å². The van der Waals surface area contributed by atoms with Gasteiger partial charge in [0.25, 0.3) is 0 Å². The van der Waals surface area contributed by atoms with Crippen molar-refractivity contribution >= 4 is 11.6 Å². The summed E-state index contributed by atoms with van der Waals surface area (Å²) >= 11 is 0. The zero-order valence-electron chi connectivity index (χ0n) is 20.6. The highest BCUT2D eigenvalue weighted by molar-refractivity contribution is 6.04. The molecule has 0 unspecified atom stereocenters. The summed E-state index contributed by atoms with van der Waals surface area (Å²) in [6.07, 6.45) is 9.15. The summed E-state index contributed by atoms with van der Waals surface area (Å²) in [7, 11) is 3.42. The monoisotopic (exact) mass is 464 g/mol. The number of hydrogen-bond acceptors (Lipinski definition) is 6. The van der Waals surface area contributed by atoms with Crippen LogP contribution in [0.3, 0.4) is 0 Å². The average Bonchev–Trinajstić information content (AvgIpc) is 2.83. The molecule has 1 aromatic heterocycles. The van der Waals surface area contributed by atoms with Crippen LogP contribution in [0.5, 0.6) is 5.75 Å². The molecule has 1 amide bonds. The molecule has 1 saturated carbocycles. The molecular weight excluding hydrogens is 428 g/mol. The molecule has 182 valence electrons. The third-order valence-electron chi connectivity index (χ3n) is 6.57. The van der Waals surface area contributed by atoms with Crippen molar-refractivity contribution in [1.82, 2.24) is 15.6 Å². The zero-order chi connectivity index (χ0) is 24.7. The maximum absolute atomic E-state index is 12.8. The third-order valence-corrected chi connectivity index (χ3v) is 6.57. The summed E-state index contributed by atoms with van der Waals surface area (Å²) in [5.74, 6) is 0.636. The van der Waals surface area contributed by atoms with E-state index in [-0.39, 0.29) is 18.4 Å². The molecule has 0 saturated heterocycles. The second kappa shape index (κ2) is 11.8. The molecule has 0 spiro atoms. The van der Waals surface area contributed by atoms with Crippen molar-refractivity contribution in [2.24, 2.45) is 0 Å². The number of benzene rings is 1. The quantitative estimate of drug-likeness (QED) is 0.426. The van der Waals surface area contributed by atoms with Crippen molar-refractivity contribution in [3.8, 4) is 5.75 Å². The molecule has 0 radical (unpaired) electrons. The first-order valence-corrected chi connectivity index (χ1v) is 11.8. The van der Waals surface area contributed by atoms with Gasteiger partial charge in [0.05, 0.1) is 37.1 Å². The summed E-state index contributed by atoms with van der Waals surface area (Å²) < 4.78 is 5.67. The van der Waals surface area contributed by atoms with Gasteiger partial charge in [0.2, 0.25) is 5.91 Å². The van der Waals surface area contributed by atoms with E-state index in [1.165, 1.54) is 0 Å². The molecule has 4 N–H and O–H groups in total. The molecule has 2 atom stereocenters. The van der Waals surface area contributed by atoms with Crippen molar-refractivity contribution in [3.63, 3.8) is 0 Å². The molecule has 34 heavy (non-hydrogen) atoms. The summed E-state index contributed by atoms with van der Waals surface area (Å²) in [6.45, 7) is 4.08. The predicted molar refractivity (Wildman–Crippen MR) is 135 cm³/mol.